The average Bonchev–Trinajstić information content (AvgIpc) is 2.32. The zero-order valence-electron chi connectivity index (χ0n) is 11.1. The fourth-order valence-corrected chi connectivity index (χ4v) is 2.74. The third kappa shape index (κ3) is 10.3. The van der Waals surface area contributed by atoms with Gasteiger partial charge in [-0.3, -0.25) is 4.99 Å². The van der Waals surface area contributed by atoms with Crippen LogP contribution in [-0.2, 0) is 9.47 Å². The third-order valence-corrected chi connectivity index (χ3v) is 4.52. The van der Waals surface area contributed by atoms with Gasteiger partial charge in [-0.15, -0.1) is 0 Å². The predicted octanol–water partition coefficient (Wildman–Crippen LogP) is 2.19. The van der Waals surface area contributed by atoms with Crippen molar-refractivity contribution in [3.63, 3.8) is 0 Å². The van der Waals surface area contributed by atoms with Gasteiger partial charge >= 0.3 is 0 Å². The van der Waals surface area contributed by atoms with Gasteiger partial charge in [-0.25, -0.2) is 0 Å². The topological polar surface area (TPSA) is 30.8 Å². The first-order valence-electron chi connectivity index (χ1n) is 6.39. The summed E-state index contributed by atoms with van der Waals surface area (Å²) in [7, 11) is 3.16. The summed E-state index contributed by atoms with van der Waals surface area (Å²) in [4.78, 5) is 4.41. The molecule has 0 saturated carbocycles. The van der Waals surface area contributed by atoms with Gasteiger partial charge in [0.25, 0.3) is 0 Å². The average molecular weight is 245 g/mol. The summed E-state index contributed by atoms with van der Waals surface area (Å²) in [5, 5.41) is 0. The van der Waals surface area contributed by atoms with Crippen molar-refractivity contribution in [1.29, 1.82) is 0 Å². The van der Waals surface area contributed by atoms with E-state index in [1.807, 2.05) is 0 Å². The maximum atomic E-state index is 5.17. The van der Waals surface area contributed by atoms with Crippen molar-refractivity contribution in [2.75, 3.05) is 20.8 Å². The first kappa shape index (κ1) is 15.8. The highest BCUT2D eigenvalue weighted by Crippen LogP contribution is 1.99. The van der Waals surface area contributed by atoms with Gasteiger partial charge in [0, 0.05) is 20.8 Å². The van der Waals surface area contributed by atoms with Crippen molar-refractivity contribution in [1.82, 2.24) is 0 Å². The molecular weight excluding hydrogens is 218 g/mol. The van der Waals surface area contributed by atoms with Gasteiger partial charge in [-0.05, 0) is 19.1 Å². The van der Waals surface area contributed by atoms with Gasteiger partial charge in [0.15, 0.2) is 0 Å². The number of hydrogen-bond acceptors (Lipinski definition) is 3. The van der Waals surface area contributed by atoms with Crippen LogP contribution in [0.4, 0.5) is 0 Å². The fourth-order valence-electron chi connectivity index (χ4n) is 1.52. The van der Waals surface area contributed by atoms with Crippen LogP contribution in [0.5, 0.6) is 0 Å². The van der Waals surface area contributed by atoms with Crippen LogP contribution in [0, 0.1) is 0 Å². The van der Waals surface area contributed by atoms with Crippen LogP contribution in [0.15, 0.2) is 4.99 Å². The highest BCUT2D eigenvalue weighted by atomic mass is 28.2. The Morgan fingerprint density at radius 2 is 1.94 bits per heavy atom. The first-order valence-corrected chi connectivity index (χ1v) is 8.20. The van der Waals surface area contributed by atoms with E-state index in [-0.39, 0.29) is 15.4 Å². The monoisotopic (exact) mass is 245 g/mol. The van der Waals surface area contributed by atoms with Gasteiger partial charge in [0.1, 0.15) is 5.91 Å². The number of hydrogen-bond donors (Lipinski definition) is 0. The van der Waals surface area contributed by atoms with Gasteiger partial charge in [-0.1, -0.05) is 32.2 Å². The van der Waals surface area contributed by atoms with E-state index in [0.29, 0.717) is 0 Å². The summed E-state index contributed by atoms with van der Waals surface area (Å²) < 4.78 is 10.3. The number of rotatable bonds is 11. The smallest absolute Gasteiger partial charge is 0.134 e. The second-order valence-corrected chi connectivity index (χ2v) is 5.93. The van der Waals surface area contributed by atoms with Crippen molar-refractivity contribution < 1.29 is 9.47 Å². The molecule has 0 aromatic rings. The van der Waals surface area contributed by atoms with Crippen molar-refractivity contribution >= 4 is 15.7 Å². The Morgan fingerprint density at radius 3 is 2.56 bits per heavy atom. The van der Waals surface area contributed by atoms with Gasteiger partial charge < -0.3 is 9.47 Å². The summed E-state index contributed by atoms with van der Waals surface area (Å²) in [5.41, 5.74) is 0. The number of nitrogens with zero attached hydrogens (tertiary/aromatic N) is 1. The molecule has 0 radical (unpaired) electrons. The van der Waals surface area contributed by atoms with E-state index in [9.17, 15) is 0 Å². The molecule has 16 heavy (non-hydrogen) atoms. The molecule has 0 heterocycles. The van der Waals surface area contributed by atoms with E-state index in [1.165, 1.54) is 31.7 Å². The maximum absolute atomic E-state index is 5.17. The molecule has 0 N–H and O–H groups in total. The molecule has 0 aromatic carbocycles. The van der Waals surface area contributed by atoms with Gasteiger partial charge in [0.2, 0.25) is 0 Å². The number of unbranched alkanes of at least 4 members (excludes halogenated alkanes) is 3. The van der Waals surface area contributed by atoms with Crippen molar-refractivity contribution in [2.45, 2.75) is 51.0 Å². The molecule has 96 valence electrons. The van der Waals surface area contributed by atoms with E-state index in [1.54, 1.807) is 14.2 Å². The van der Waals surface area contributed by atoms with Crippen molar-refractivity contribution in [2.24, 2.45) is 4.99 Å². The molecule has 0 aliphatic heterocycles. The summed E-state index contributed by atoms with van der Waals surface area (Å²) in [5.74, 6) is 0.0814. The Labute approximate surface area is 102 Å². The molecule has 0 rings (SSSR count). The SMILES string of the molecule is CCCCCCN=CCC[SiH2]C(OC)OC. The molecule has 0 bridgehead atoms. The minimum Gasteiger partial charge on any atom is -0.360 e. The Balaban J connectivity index is 3.20. The Bertz CT molecular complexity index is 161. The molecule has 0 amide bonds. The quantitative estimate of drug-likeness (QED) is 0.242. The first-order chi connectivity index (χ1) is 7.85. The fraction of sp³-hybridized carbons (Fsp3) is 0.917. The zero-order valence-corrected chi connectivity index (χ0v) is 12.5. The predicted molar refractivity (Wildman–Crippen MR) is 73.3 cm³/mol. The second kappa shape index (κ2) is 12.9. The lowest BCUT2D eigenvalue weighted by atomic mass is 10.2. The minimum atomic E-state index is -0.258. The molecule has 0 unspecified atom stereocenters. The van der Waals surface area contributed by atoms with Gasteiger partial charge in [-0.2, -0.15) is 0 Å². The van der Waals surface area contributed by atoms with Crippen LogP contribution in [0.1, 0.15) is 39.0 Å². The standard InChI is InChI=1S/C12H27NO2Si/c1-4-5-6-7-9-13-10-8-11-16-12(14-2)15-3/h10,12H,4-9,11,16H2,1-3H3. The van der Waals surface area contributed by atoms with E-state index in [4.69, 9.17) is 9.47 Å². The van der Waals surface area contributed by atoms with Crippen LogP contribution in [0.25, 0.3) is 0 Å². The van der Waals surface area contributed by atoms with E-state index >= 15 is 0 Å². The van der Waals surface area contributed by atoms with E-state index in [0.717, 1.165) is 13.0 Å². The number of ether oxygens (including phenoxy) is 2. The summed E-state index contributed by atoms with van der Waals surface area (Å²) in [6.45, 7) is 3.23. The van der Waals surface area contributed by atoms with Crippen LogP contribution in [0.3, 0.4) is 0 Å². The molecule has 0 aliphatic carbocycles. The highest BCUT2D eigenvalue weighted by molar-refractivity contribution is 6.36. The van der Waals surface area contributed by atoms with E-state index < -0.39 is 0 Å². The summed E-state index contributed by atoms with van der Waals surface area (Å²) in [6, 6.07) is 1.21. The third-order valence-electron chi connectivity index (χ3n) is 2.57. The van der Waals surface area contributed by atoms with Crippen LogP contribution in [0.2, 0.25) is 6.04 Å². The molecule has 0 saturated heterocycles. The van der Waals surface area contributed by atoms with Gasteiger partial charge in [0.05, 0.1) is 9.52 Å². The summed E-state index contributed by atoms with van der Waals surface area (Å²) >= 11 is 0. The van der Waals surface area contributed by atoms with Crippen LogP contribution < -0.4 is 0 Å². The molecule has 3 nitrogen and oxygen atoms in total. The molecule has 0 spiro atoms. The van der Waals surface area contributed by atoms with Crippen molar-refractivity contribution in [3.8, 4) is 0 Å². The van der Waals surface area contributed by atoms with Crippen molar-refractivity contribution in [3.05, 3.63) is 0 Å². The van der Waals surface area contributed by atoms with E-state index in [2.05, 4.69) is 18.1 Å². The maximum Gasteiger partial charge on any atom is 0.134 e. The number of aliphatic imine (C=N–C) groups is 1. The lowest BCUT2D eigenvalue weighted by molar-refractivity contribution is -0.0440. The normalized spacial score (nSPS) is 12.5. The second-order valence-electron chi connectivity index (χ2n) is 3.98. The highest BCUT2D eigenvalue weighted by Gasteiger charge is 2.03. The number of methoxy groups -OCH3 is 2. The minimum absolute atomic E-state index is 0.0814. The van der Waals surface area contributed by atoms with Crippen LogP contribution in [-0.4, -0.2) is 42.4 Å². The Morgan fingerprint density at radius 1 is 1.19 bits per heavy atom. The zero-order chi connectivity index (χ0) is 12.1. The lowest BCUT2D eigenvalue weighted by Gasteiger charge is -2.11. The molecule has 0 fully saturated rings. The Kier molecular flexibility index (Phi) is 12.7. The molecule has 4 heteroatoms. The molecule has 0 aromatic heterocycles. The molecule has 0 atom stereocenters. The Hall–Kier alpha value is -0.193. The molecule has 0 aliphatic rings. The summed E-state index contributed by atoms with van der Waals surface area (Å²) in [6.07, 6.45) is 8.35. The molecular formula is C12H27NO2Si. The van der Waals surface area contributed by atoms with Crippen LogP contribution >= 0.6 is 0 Å². The largest absolute Gasteiger partial charge is 0.360 e. The lowest BCUT2D eigenvalue weighted by Crippen LogP contribution is -2.20.